The van der Waals surface area contributed by atoms with E-state index >= 15 is 0 Å². The van der Waals surface area contributed by atoms with E-state index in [0.717, 1.165) is 17.3 Å². The van der Waals surface area contributed by atoms with Gasteiger partial charge in [-0.2, -0.15) is 0 Å². The Hall–Kier alpha value is -2.41. The molecular weight excluding hydrogens is 439 g/mol. The fraction of sp³-hybridized carbons (Fsp3) is 0.364. The molecule has 2 aromatic rings. The minimum Gasteiger partial charge on any atom is -0.484 e. The van der Waals surface area contributed by atoms with Crippen molar-refractivity contribution in [3.05, 3.63) is 64.4 Å². The number of carbonyl (C=O) groups is 2. The summed E-state index contributed by atoms with van der Waals surface area (Å²) in [5, 5.41) is 2.83. The van der Waals surface area contributed by atoms with Crippen LogP contribution < -0.4 is 10.1 Å². The first-order valence-corrected chi connectivity index (χ1v) is 10.4. The Bertz CT molecular complexity index is 814. The quantitative estimate of drug-likeness (QED) is 0.533. The van der Waals surface area contributed by atoms with Crippen molar-refractivity contribution in [3.8, 4) is 5.75 Å². The molecule has 0 heterocycles. The molecule has 2 aromatic carbocycles. The fourth-order valence-corrected chi connectivity index (χ4v) is 2.95. The van der Waals surface area contributed by atoms with Crippen molar-refractivity contribution in [2.24, 2.45) is 0 Å². The average Bonchev–Trinajstić information content (AvgIpc) is 2.72. The maximum Gasteiger partial charge on any atom is 0.261 e. The van der Waals surface area contributed by atoms with Crippen LogP contribution in [0.4, 0.5) is 4.39 Å². The summed E-state index contributed by atoms with van der Waals surface area (Å²) in [5.74, 6) is -0.550. The lowest BCUT2D eigenvalue weighted by molar-refractivity contribution is -0.142. The zero-order valence-electron chi connectivity index (χ0n) is 16.7. The number of unbranched alkanes of at least 4 members (excludes halogenated alkanes) is 1. The highest BCUT2D eigenvalue weighted by Gasteiger charge is 2.27. The predicted octanol–water partition coefficient (Wildman–Crippen LogP) is 4.30. The Kier molecular flexibility index (Phi) is 9.12. The van der Waals surface area contributed by atoms with Crippen LogP contribution in [-0.2, 0) is 16.1 Å². The van der Waals surface area contributed by atoms with Gasteiger partial charge in [-0.05, 0) is 43.7 Å². The first-order valence-electron chi connectivity index (χ1n) is 9.61. The van der Waals surface area contributed by atoms with Crippen LogP contribution in [0.25, 0.3) is 0 Å². The smallest absolute Gasteiger partial charge is 0.261 e. The lowest BCUT2D eigenvalue weighted by Gasteiger charge is -2.29. The second kappa shape index (κ2) is 11.6. The number of carbonyl (C=O) groups excluding carboxylic acids is 2. The highest BCUT2D eigenvalue weighted by atomic mass is 79.9. The molecule has 29 heavy (non-hydrogen) atoms. The monoisotopic (exact) mass is 464 g/mol. The van der Waals surface area contributed by atoms with E-state index in [2.05, 4.69) is 21.2 Å². The van der Waals surface area contributed by atoms with Crippen LogP contribution in [0.5, 0.6) is 5.75 Å². The number of amides is 2. The number of nitrogens with one attached hydrogen (secondary N) is 1. The van der Waals surface area contributed by atoms with Gasteiger partial charge in [0.05, 0.1) is 0 Å². The number of hydrogen-bond acceptors (Lipinski definition) is 3. The summed E-state index contributed by atoms with van der Waals surface area (Å²) in [6, 6.07) is 12.6. The minimum atomic E-state index is -0.757. The minimum absolute atomic E-state index is 0.0163. The average molecular weight is 465 g/mol. The second-order valence-corrected chi connectivity index (χ2v) is 7.59. The van der Waals surface area contributed by atoms with Crippen molar-refractivity contribution >= 4 is 27.7 Å². The highest BCUT2D eigenvalue weighted by molar-refractivity contribution is 9.10. The van der Waals surface area contributed by atoms with Gasteiger partial charge in [0.15, 0.2) is 6.61 Å². The molecule has 1 atom stereocenters. The summed E-state index contributed by atoms with van der Waals surface area (Å²) < 4.78 is 20.6. The van der Waals surface area contributed by atoms with Crippen LogP contribution in [-0.4, -0.2) is 35.9 Å². The largest absolute Gasteiger partial charge is 0.484 e. The molecule has 1 N–H and O–H groups in total. The van der Waals surface area contributed by atoms with E-state index in [4.69, 9.17) is 4.74 Å². The third kappa shape index (κ3) is 7.16. The van der Waals surface area contributed by atoms with E-state index < -0.39 is 17.8 Å². The van der Waals surface area contributed by atoms with E-state index in [-0.39, 0.29) is 19.1 Å². The van der Waals surface area contributed by atoms with Gasteiger partial charge >= 0.3 is 0 Å². The van der Waals surface area contributed by atoms with Crippen LogP contribution in [0.1, 0.15) is 32.3 Å². The molecule has 0 aliphatic carbocycles. The molecule has 0 aliphatic heterocycles. The molecule has 156 valence electrons. The summed E-state index contributed by atoms with van der Waals surface area (Å²) in [4.78, 5) is 26.7. The van der Waals surface area contributed by atoms with E-state index in [1.54, 1.807) is 49.4 Å². The Morgan fingerprint density at radius 3 is 2.52 bits per heavy atom. The van der Waals surface area contributed by atoms with E-state index in [1.165, 1.54) is 11.0 Å². The molecule has 2 amide bonds. The first kappa shape index (κ1) is 22.9. The fourth-order valence-electron chi connectivity index (χ4n) is 2.69. The lowest BCUT2D eigenvalue weighted by atomic mass is 10.1. The van der Waals surface area contributed by atoms with Gasteiger partial charge in [-0.25, -0.2) is 4.39 Å². The molecular formula is C22H26BrFN2O3. The van der Waals surface area contributed by atoms with Crippen molar-refractivity contribution in [1.82, 2.24) is 10.2 Å². The van der Waals surface area contributed by atoms with Gasteiger partial charge in [0, 0.05) is 23.1 Å². The van der Waals surface area contributed by atoms with Crippen LogP contribution in [0.2, 0.25) is 0 Å². The third-order valence-electron chi connectivity index (χ3n) is 4.47. The summed E-state index contributed by atoms with van der Waals surface area (Å²) in [6.07, 6.45) is 1.81. The highest BCUT2D eigenvalue weighted by Crippen LogP contribution is 2.17. The Labute approximate surface area is 179 Å². The molecule has 0 saturated carbocycles. The van der Waals surface area contributed by atoms with Gasteiger partial charge < -0.3 is 15.0 Å². The number of ether oxygens (including phenoxy) is 1. The maximum atomic E-state index is 14.1. The van der Waals surface area contributed by atoms with Crippen molar-refractivity contribution < 1.29 is 18.7 Å². The van der Waals surface area contributed by atoms with Gasteiger partial charge in [0.25, 0.3) is 5.91 Å². The topological polar surface area (TPSA) is 58.6 Å². The second-order valence-electron chi connectivity index (χ2n) is 6.68. The van der Waals surface area contributed by atoms with Gasteiger partial charge in [0.1, 0.15) is 17.6 Å². The zero-order valence-corrected chi connectivity index (χ0v) is 18.2. The predicted molar refractivity (Wildman–Crippen MR) is 114 cm³/mol. The van der Waals surface area contributed by atoms with Gasteiger partial charge in [-0.3, -0.25) is 9.59 Å². The van der Waals surface area contributed by atoms with Gasteiger partial charge in [0.2, 0.25) is 5.91 Å². The Morgan fingerprint density at radius 2 is 1.86 bits per heavy atom. The molecule has 2 rings (SSSR count). The van der Waals surface area contributed by atoms with Crippen molar-refractivity contribution in [1.29, 1.82) is 0 Å². The number of rotatable bonds is 10. The molecule has 0 aliphatic rings. The normalized spacial score (nSPS) is 11.6. The van der Waals surface area contributed by atoms with Crippen molar-refractivity contribution in [2.45, 2.75) is 39.3 Å². The third-order valence-corrected chi connectivity index (χ3v) is 5.00. The van der Waals surface area contributed by atoms with Crippen LogP contribution in [0.3, 0.4) is 0 Å². The van der Waals surface area contributed by atoms with E-state index in [9.17, 15) is 14.0 Å². The van der Waals surface area contributed by atoms with E-state index in [0.29, 0.717) is 17.9 Å². The summed E-state index contributed by atoms with van der Waals surface area (Å²) in [7, 11) is 0. The number of hydrogen-bond donors (Lipinski definition) is 1. The summed E-state index contributed by atoms with van der Waals surface area (Å²) >= 11 is 3.34. The molecule has 0 spiro atoms. The SMILES string of the molecule is CCCCNC(=O)[C@@H](C)N(Cc1ccccc1F)C(=O)COc1ccc(Br)cc1. The first-order chi connectivity index (χ1) is 13.9. The van der Waals surface area contributed by atoms with Crippen molar-refractivity contribution in [3.63, 3.8) is 0 Å². The Morgan fingerprint density at radius 1 is 1.17 bits per heavy atom. The van der Waals surface area contributed by atoms with Gasteiger partial charge in [-0.15, -0.1) is 0 Å². The van der Waals surface area contributed by atoms with Crippen LogP contribution >= 0.6 is 15.9 Å². The summed E-state index contributed by atoms with van der Waals surface area (Å²) in [5.41, 5.74) is 0.345. The number of nitrogens with zero attached hydrogens (tertiary/aromatic N) is 1. The standard InChI is InChI=1S/C22H26BrFN2O3/c1-3-4-13-25-22(28)16(2)26(14-17-7-5-6-8-20(17)24)21(27)15-29-19-11-9-18(23)10-12-19/h5-12,16H,3-4,13-15H2,1-2H3,(H,25,28)/t16-/m1/s1. The molecule has 0 aromatic heterocycles. The lowest BCUT2D eigenvalue weighted by Crippen LogP contribution is -2.49. The van der Waals surface area contributed by atoms with Gasteiger partial charge in [-0.1, -0.05) is 47.5 Å². The van der Waals surface area contributed by atoms with Crippen molar-refractivity contribution in [2.75, 3.05) is 13.2 Å². The van der Waals surface area contributed by atoms with E-state index in [1.807, 2.05) is 6.92 Å². The summed E-state index contributed by atoms with van der Waals surface area (Å²) in [6.45, 7) is 3.94. The Balaban J connectivity index is 2.11. The maximum absolute atomic E-state index is 14.1. The number of halogens is 2. The van der Waals surface area contributed by atoms with Crippen LogP contribution in [0.15, 0.2) is 53.0 Å². The molecule has 0 radical (unpaired) electrons. The van der Waals surface area contributed by atoms with Crippen LogP contribution in [0, 0.1) is 5.82 Å². The molecule has 0 fully saturated rings. The molecule has 0 unspecified atom stereocenters. The molecule has 7 heteroatoms. The zero-order chi connectivity index (χ0) is 21.2. The molecule has 5 nitrogen and oxygen atoms in total. The molecule has 0 saturated heterocycles. The molecule has 0 bridgehead atoms. The number of benzene rings is 2.